The summed E-state index contributed by atoms with van der Waals surface area (Å²) < 4.78 is 18.6. The van der Waals surface area contributed by atoms with Crippen molar-refractivity contribution >= 4 is 11.8 Å². The molecule has 0 heterocycles. The quantitative estimate of drug-likeness (QED) is 0.780. The molecule has 18 heavy (non-hydrogen) atoms. The van der Waals surface area contributed by atoms with E-state index in [1.807, 2.05) is 17.8 Å². The number of halogens is 1. The molecule has 1 unspecified atom stereocenters. The zero-order valence-electron chi connectivity index (χ0n) is 11.3. The highest BCUT2D eigenvalue weighted by molar-refractivity contribution is 7.99. The van der Waals surface area contributed by atoms with E-state index in [-0.39, 0.29) is 11.9 Å². The molecule has 1 rings (SSSR count). The average Bonchev–Trinajstić information content (AvgIpc) is 2.39. The van der Waals surface area contributed by atoms with Gasteiger partial charge in [0.15, 0.2) is 11.6 Å². The molecule has 2 nitrogen and oxygen atoms in total. The Kier molecular flexibility index (Phi) is 7.13. The maximum atomic E-state index is 13.7. The third-order valence-corrected chi connectivity index (χ3v) is 3.68. The van der Waals surface area contributed by atoms with Gasteiger partial charge >= 0.3 is 0 Å². The summed E-state index contributed by atoms with van der Waals surface area (Å²) in [5, 5.41) is 3.46. The van der Waals surface area contributed by atoms with Crippen LogP contribution >= 0.6 is 11.8 Å². The molecule has 0 saturated heterocycles. The van der Waals surface area contributed by atoms with Crippen molar-refractivity contribution in [2.45, 2.75) is 26.3 Å². The van der Waals surface area contributed by atoms with Gasteiger partial charge in [-0.1, -0.05) is 19.9 Å². The zero-order chi connectivity index (χ0) is 13.4. The first-order chi connectivity index (χ1) is 8.72. The van der Waals surface area contributed by atoms with Crippen molar-refractivity contribution in [3.63, 3.8) is 0 Å². The number of hydrogen-bond acceptors (Lipinski definition) is 3. The second-order valence-electron chi connectivity index (χ2n) is 4.06. The lowest BCUT2D eigenvalue weighted by Gasteiger charge is -2.19. The topological polar surface area (TPSA) is 21.3 Å². The lowest BCUT2D eigenvalue weighted by molar-refractivity contribution is 0.385. The van der Waals surface area contributed by atoms with Crippen molar-refractivity contribution in [3.8, 4) is 5.75 Å². The molecule has 102 valence electrons. The van der Waals surface area contributed by atoms with E-state index < -0.39 is 0 Å². The molecule has 0 fully saturated rings. The van der Waals surface area contributed by atoms with Gasteiger partial charge in [-0.05, 0) is 36.4 Å². The van der Waals surface area contributed by atoms with Gasteiger partial charge in [-0.15, -0.1) is 0 Å². The van der Waals surface area contributed by atoms with Gasteiger partial charge < -0.3 is 10.1 Å². The molecule has 1 atom stereocenters. The van der Waals surface area contributed by atoms with Crippen LogP contribution in [0.4, 0.5) is 4.39 Å². The Morgan fingerprint density at radius 2 is 2.17 bits per heavy atom. The van der Waals surface area contributed by atoms with Gasteiger partial charge in [-0.2, -0.15) is 11.8 Å². The van der Waals surface area contributed by atoms with E-state index in [0.717, 1.165) is 30.0 Å². The Hall–Kier alpha value is -0.740. The SMILES string of the molecule is CCCNC(CSCC)c1ccc(OC)c(F)c1. The van der Waals surface area contributed by atoms with Crippen LogP contribution in [0.5, 0.6) is 5.75 Å². The molecule has 0 spiro atoms. The van der Waals surface area contributed by atoms with Crippen molar-refractivity contribution in [1.29, 1.82) is 0 Å². The first kappa shape index (κ1) is 15.3. The number of ether oxygens (including phenoxy) is 1. The number of methoxy groups -OCH3 is 1. The number of rotatable bonds is 8. The molecule has 0 aliphatic rings. The van der Waals surface area contributed by atoms with Crippen LogP contribution < -0.4 is 10.1 Å². The van der Waals surface area contributed by atoms with E-state index in [1.165, 1.54) is 7.11 Å². The molecular weight excluding hydrogens is 249 g/mol. The average molecular weight is 271 g/mol. The highest BCUT2D eigenvalue weighted by Crippen LogP contribution is 2.24. The summed E-state index contributed by atoms with van der Waals surface area (Å²) in [6.07, 6.45) is 1.08. The molecule has 0 aliphatic heterocycles. The van der Waals surface area contributed by atoms with Crippen LogP contribution in [0, 0.1) is 5.82 Å². The van der Waals surface area contributed by atoms with Crippen LogP contribution in [0.2, 0.25) is 0 Å². The standard InChI is InChI=1S/C14H22FNOS/c1-4-8-16-13(10-18-5-2)11-6-7-14(17-3)12(15)9-11/h6-7,9,13,16H,4-5,8,10H2,1-3H3. The maximum absolute atomic E-state index is 13.7. The summed E-state index contributed by atoms with van der Waals surface area (Å²) in [6.45, 7) is 5.21. The van der Waals surface area contributed by atoms with Gasteiger partial charge in [0.1, 0.15) is 0 Å². The van der Waals surface area contributed by atoms with Crippen LogP contribution in [0.3, 0.4) is 0 Å². The summed E-state index contributed by atoms with van der Waals surface area (Å²) in [5.41, 5.74) is 0.989. The molecule has 0 aromatic heterocycles. The first-order valence-electron chi connectivity index (χ1n) is 6.37. The summed E-state index contributed by atoms with van der Waals surface area (Å²) in [4.78, 5) is 0. The minimum Gasteiger partial charge on any atom is -0.494 e. The smallest absolute Gasteiger partial charge is 0.165 e. The van der Waals surface area contributed by atoms with E-state index in [1.54, 1.807) is 12.1 Å². The molecule has 0 amide bonds. The van der Waals surface area contributed by atoms with Crippen LogP contribution in [-0.2, 0) is 0 Å². The third-order valence-electron chi connectivity index (χ3n) is 2.71. The van der Waals surface area contributed by atoms with Gasteiger partial charge in [0, 0.05) is 11.8 Å². The second-order valence-corrected chi connectivity index (χ2v) is 5.38. The van der Waals surface area contributed by atoms with Gasteiger partial charge in [0.25, 0.3) is 0 Å². The Bertz CT molecular complexity index is 352. The Morgan fingerprint density at radius 3 is 2.72 bits per heavy atom. The van der Waals surface area contributed by atoms with Crippen LogP contribution in [0.1, 0.15) is 31.9 Å². The highest BCUT2D eigenvalue weighted by atomic mass is 32.2. The summed E-state index contributed by atoms with van der Waals surface area (Å²) in [7, 11) is 1.48. The Labute approximate surface area is 113 Å². The molecule has 1 aromatic carbocycles. The normalized spacial score (nSPS) is 12.4. The lowest BCUT2D eigenvalue weighted by Crippen LogP contribution is -2.24. The van der Waals surface area contributed by atoms with Crippen molar-refractivity contribution < 1.29 is 9.13 Å². The fourth-order valence-electron chi connectivity index (χ4n) is 1.73. The van der Waals surface area contributed by atoms with Crippen LogP contribution in [0.25, 0.3) is 0 Å². The number of hydrogen-bond donors (Lipinski definition) is 1. The van der Waals surface area contributed by atoms with E-state index in [2.05, 4.69) is 19.2 Å². The number of thioether (sulfide) groups is 1. The van der Waals surface area contributed by atoms with Crippen molar-refractivity contribution in [1.82, 2.24) is 5.32 Å². The Balaban J connectivity index is 2.79. The van der Waals surface area contributed by atoms with Gasteiger partial charge in [-0.25, -0.2) is 4.39 Å². The largest absolute Gasteiger partial charge is 0.494 e. The minimum atomic E-state index is -0.292. The predicted molar refractivity (Wildman–Crippen MR) is 77.0 cm³/mol. The fourth-order valence-corrected chi connectivity index (χ4v) is 2.51. The summed E-state index contributed by atoms with van der Waals surface area (Å²) in [6, 6.07) is 5.41. The summed E-state index contributed by atoms with van der Waals surface area (Å²) in [5.74, 6) is 2.04. The van der Waals surface area contributed by atoms with E-state index in [9.17, 15) is 4.39 Å². The number of nitrogens with one attached hydrogen (secondary N) is 1. The van der Waals surface area contributed by atoms with Gasteiger partial charge in [0.2, 0.25) is 0 Å². The van der Waals surface area contributed by atoms with E-state index in [4.69, 9.17) is 4.74 Å². The van der Waals surface area contributed by atoms with E-state index >= 15 is 0 Å². The molecule has 0 radical (unpaired) electrons. The number of benzene rings is 1. The molecular formula is C14H22FNOS. The maximum Gasteiger partial charge on any atom is 0.165 e. The monoisotopic (exact) mass is 271 g/mol. The van der Waals surface area contributed by atoms with Crippen molar-refractivity contribution in [3.05, 3.63) is 29.6 Å². The van der Waals surface area contributed by atoms with Gasteiger partial charge in [0.05, 0.1) is 7.11 Å². The van der Waals surface area contributed by atoms with E-state index in [0.29, 0.717) is 5.75 Å². The highest BCUT2D eigenvalue weighted by Gasteiger charge is 2.13. The molecule has 0 saturated carbocycles. The minimum absolute atomic E-state index is 0.204. The molecule has 4 heteroatoms. The molecule has 0 aliphatic carbocycles. The van der Waals surface area contributed by atoms with Crippen molar-refractivity contribution in [2.75, 3.05) is 25.2 Å². The molecule has 0 bridgehead atoms. The Morgan fingerprint density at radius 1 is 1.39 bits per heavy atom. The molecule has 1 N–H and O–H groups in total. The zero-order valence-corrected chi connectivity index (χ0v) is 12.1. The van der Waals surface area contributed by atoms with Crippen LogP contribution in [0.15, 0.2) is 18.2 Å². The first-order valence-corrected chi connectivity index (χ1v) is 7.52. The molecule has 1 aromatic rings. The van der Waals surface area contributed by atoms with Crippen molar-refractivity contribution in [2.24, 2.45) is 0 Å². The predicted octanol–water partition coefficient (Wildman–Crippen LogP) is 3.63. The summed E-state index contributed by atoms with van der Waals surface area (Å²) >= 11 is 1.86. The third kappa shape index (κ3) is 4.50. The lowest BCUT2D eigenvalue weighted by atomic mass is 10.1. The van der Waals surface area contributed by atoms with Crippen LogP contribution in [-0.4, -0.2) is 25.2 Å². The van der Waals surface area contributed by atoms with Gasteiger partial charge in [-0.3, -0.25) is 0 Å². The second kappa shape index (κ2) is 8.38. The fraction of sp³-hybridized carbons (Fsp3) is 0.571.